The van der Waals surface area contributed by atoms with Crippen molar-refractivity contribution >= 4 is 11.3 Å². The van der Waals surface area contributed by atoms with Crippen molar-refractivity contribution in [2.75, 3.05) is 6.61 Å². The smallest absolute Gasteiger partial charge is 0.119 e. The Morgan fingerprint density at radius 1 is 1.22 bits per heavy atom. The highest BCUT2D eigenvalue weighted by molar-refractivity contribution is 7.12. The number of hydrogen-bond donors (Lipinski definition) is 1. The third kappa shape index (κ3) is 2.74. The summed E-state index contributed by atoms with van der Waals surface area (Å²) in [5, 5.41) is 10.4. The lowest BCUT2D eigenvalue weighted by Gasteiger charge is -2.11. The van der Waals surface area contributed by atoms with Gasteiger partial charge in [0, 0.05) is 9.75 Å². The standard InChI is InChI=1S/C15H18O2S/c1-4-17-13-7-5-12(6-8-13)15(16)14-9-10(2)18-11(14)3/h5-9,15-16H,4H2,1-3H3. The van der Waals surface area contributed by atoms with E-state index in [2.05, 4.69) is 13.0 Å². The van der Waals surface area contributed by atoms with Crippen LogP contribution in [0.4, 0.5) is 0 Å². The fourth-order valence-electron chi connectivity index (χ4n) is 2.01. The lowest BCUT2D eigenvalue weighted by molar-refractivity contribution is 0.220. The van der Waals surface area contributed by atoms with Crippen LogP contribution in [0.1, 0.15) is 33.9 Å². The molecular weight excluding hydrogens is 244 g/mol. The minimum atomic E-state index is -0.550. The molecule has 2 aromatic rings. The Hall–Kier alpha value is -1.32. The van der Waals surface area contributed by atoms with Gasteiger partial charge in [-0.1, -0.05) is 12.1 Å². The van der Waals surface area contributed by atoms with Crippen molar-refractivity contribution < 1.29 is 9.84 Å². The van der Waals surface area contributed by atoms with Gasteiger partial charge in [-0.15, -0.1) is 11.3 Å². The molecule has 1 unspecified atom stereocenters. The van der Waals surface area contributed by atoms with Gasteiger partial charge < -0.3 is 9.84 Å². The molecule has 1 N–H and O–H groups in total. The highest BCUT2D eigenvalue weighted by atomic mass is 32.1. The van der Waals surface area contributed by atoms with Crippen LogP contribution >= 0.6 is 11.3 Å². The van der Waals surface area contributed by atoms with E-state index in [0.29, 0.717) is 6.61 Å². The van der Waals surface area contributed by atoms with Crippen molar-refractivity contribution in [2.24, 2.45) is 0 Å². The number of hydrogen-bond acceptors (Lipinski definition) is 3. The minimum absolute atomic E-state index is 0.550. The second-order valence-corrected chi connectivity index (χ2v) is 5.73. The topological polar surface area (TPSA) is 29.5 Å². The summed E-state index contributed by atoms with van der Waals surface area (Å²) >= 11 is 1.72. The number of aliphatic hydroxyl groups is 1. The molecular formula is C15H18O2S. The maximum absolute atomic E-state index is 10.4. The molecule has 3 heteroatoms. The molecule has 1 heterocycles. The zero-order valence-corrected chi connectivity index (χ0v) is 11.8. The molecule has 0 amide bonds. The highest BCUT2D eigenvalue weighted by Gasteiger charge is 2.15. The molecule has 2 rings (SSSR count). The summed E-state index contributed by atoms with van der Waals surface area (Å²) < 4.78 is 5.39. The van der Waals surface area contributed by atoms with Crippen LogP contribution in [0.15, 0.2) is 30.3 Å². The monoisotopic (exact) mass is 262 g/mol. The third-order valence-electron chi connectivity index (χ3n) is 2.88. The van der Waals surface area contributed by atoms with Crippen LogP contribution in [0.2, 0.25) is 0 Å². The zero-order valence-electron chi connectivity index (χ0n) is 10.9. The van der Waals surface area contributed by atoms with E-state index in [1.165, 1.54) is 9.75 Å². The van der Waals surface area contributed by atoms with Gasteiger partial charge in [0.1, 0.15) is 11.9 Å². The van der Waals surface area contributed by atoms with E-state index < -0.39 is 6.10 Å². The first-order valence-electron chi connectivity index (χ1n) is 6.09. The average molecular weight is 262 g/mol. The number of aryl methyl sites for hydroxylation is 2. The first-order chi connectivity index (χ1) is 8.61. The fourth-order valence-corrected chi connectivity index (χ4v) is 2.97. The van der Waals surface area contributed by atoms with Gasteiger partial charge in [-0.05, 0) is 50.1 Å². The Balaban J connectivity index is 2.23. The van der Waals surface area contributed by atoms with Crippen LogP contribution in [0.5, 0.6) is 5.75 Å². The fraction of sp³-hybridized carbons (Fsp3) is 0.333. The molecule has 2 nitrogen and oxygen atoms in total. The van der Waals surface area contributed by atoms with Gasteiger partial charge in [-0.25, -0.2) is 0 Å². The summed E-state index contributed by atoms with van der Waals surface area (Å²) in [6.07, 6.45) is -0.550. The first kappa shape index (κ1) is 13.1. The van der Waals surface area contributed by atoms with Crippen molar-refractivity contribution in [3.63, 3.8) is 0 Å². The van der Waals surface area contributed by atoms with Crippen molar-refractivity contribution in [1.29, 1.82) is 0 Å². The maximum Gasteiger partial charge on any atom is 0.119 e. The lowest BCUT2D eigenvalue weighted by atomic mass is 10.0. The summed E-state index contributed by atoms with van der Waals surface area (Å²) in [6, 6.07) is 9.69. The number of benzene rings is 1. The number of thiophene rings is 1. The van der Waals surface area contributed by atoms with Crippen molar-refractivity contribution in [1.82, 2.24) is 0 Å². The number of aliphatic hydroxyl groups excluding tert-OH is 1. The molecule has 18 heavy (non-hydrogen) atoms. The quantitative estimate of drug-likeness (QED) is 0.907. The third-order valence-corrected chi connectivity index (χ3v) is 3.86. The van der Waals surface area contributed by atoms with Crippen LogP contribution in [0, 0.1) is 13.8 Å². The van der Waals surface area contributed by atoms with Gasteiger partial charge in [-0.3, -0.25) is 0 Å². The molecule has 0 fully saturated rings. The molecule has 1 aromatic heterocycles. The van der Waals surface area contributed by atoms with Gasteiger partial charge in [-0.2, -0.15) is 0 Å². The Labute approximate surface area is 112 Å². The minimum Gasteiger partial charge on any atom is -0.494 e. The predicted molar refractivity (Wildman–Crippen MR) is 75.5 cm³/mol. The van der Waals surface area contributed by atoms with Gasteiger partial charge in [0.2, 0.25) is 0 Å². The van der Waals surface area contributed by atoms with Crippen molar-refractivity contribution in [2.45, 2.75) is 26.9 Å². The van der Waals surface area contributed by atoms with E-state index in [1.807, 2.05) is 38.1 Å². The summed E-state index contributed by atoms with van der Waals surface area (Å²) in [6.45, 7) is 6.72. The van der Waals surface area contributed by atoms with Crippen LogP contribution in [0.3, 0.4) is 0 Å². The largest absolute Gasteiger partial charge is 0.494 e. The van der Waals surface area contributed by atoms with Gasteiger partial charge in [0.05, 0.1) is 6.61 Å². The van der Waals surface area contributed by atoms with E-state index in [9.17, 15) is 5.11 Å². The first-order valence-corrected chi connectivity index (χ1v) is 6.91. The van der Waals surface area contributed by atoms with E-state index in [4.69, 9.17) is 4.74 Å². The normalized spacial score (nSPS) is 12.4. The van der Waals surface area contributed by atoms with Crippen molar-refractivity contribution in [3.05, 3.63) is 51.2 Å². The SMILES string of the molecule is CCOc1ccc(C(O)c2cc(C)sc2C)cc1. The van der Waals surface area contributed by atoms with Crippen LogP contribution < -0.4 is 4.74 Å². The van der Waals surface area contributed by atoms with E-state index >= 15 is 0 Å². The van der Waals surface area contributed by atoms with E-state index in [0.717, 1.165) is 16.9 Å². The average Bonchev–Trinajstić information content (AvgIpc) is 2.69. The predicted octanol–water partition coefficient (Wildman–Crippen LogP) is 3.85. The van der Waals surface area contributed by atoms with Crippen LogP contribution in [-0.4, -0.2) is 11.7 Å². The Morgan fingerprint density at radius 2 is 1.89 bits per heavy atom. The molecule has 0 saturated carbocycles. The Kier molecular flexibility index (Phi) is 4.04. The molecule has 0 radical (unpaired) electrons. The summed E-state index contributed by atoms with van der Waals surface area (Å²) in [5.74, 6) is 0.840. The zero-order chi connectivity index (χ0) is 13.1. The number of rotatable bonds is 4. The molecule has 0 aliphatic rings. The van der Waals surface area contributed by atoms with Gasteiger partial charge in [0.25, 0.3) is 0 Å². The Bertz CT molecular complexity index is 514. The molecule has 0 saturated heterocycles. The molecule has 0 spiro atoms. The maximum atomic E-state index is 10.4. The van der Waals surface area contributed by atoms with Gasteiger partial charge in [0.15, 0.2) is 0 Å². The summed E-state index contributed by atoms with van der Waals surface area (Å²) in [5.41, 5.74) is 1.90. The second kappa shape index (κ2) is 5.55. The molecule has 1 aromatic carbocycles. The molecule has 0 aliphatic heterocycles. The molecule has 1 atom stereocenters. The molecule has 0 bridgehead atoms. The molecule has 96 valence electrons. The van der Waals surface area contributed by atoms with E-state index in [-0.39, 0.29) is 0 Å². The Morgan fingerprint density at radius 3 is 2.39 bits per heavy atom. The highest BCUT2D eigenvalue weighted by Crippen LogP contribution is 2.31. The van der Waals surface area contributed by atoms with E-state index in [1.54, 1.807) is 11.3 Å². The second-order valence-electron chi connectivity index (χ2n) is 4.27. The van der Waals surface area contributed by atoms with Gasteiger partial charge >= 0.3 is 0 Å². The lowest BCUT2D eigenvalue weighted by Crippen LogP contribution is -2.00. The number of ether oxygens (including phenoxy) is 1. The van der Waals surface area contributed by atoms with Crippen molar-refractivity contribution in [3.8, 4) is 5.75 Å². The van der Waals surface area contributed by atoms with Crippen LogP contribution in [0.25, 0.3) is 0 Å². The summed E-state index contributed by atoms with van der Waals surface area (Å²) in [4.78, 5) is 2.40. The summed E-state index contributed by atoms with van der Waals surface area (Å²) in [7, 11) is 0. The molecule has 0 aliphatic carbocycles. The van der Waals surface area contributed by atoms with Crippen LogP contribution in [-0.2, 0) is 0 Å².